The fourth-order valence-corrected chi connectivity index (χ4v) is 2.58. The normalized spacial score (nSPS) is 23.3. The van der Waals surface area contributed by atoms with Gasteiger partial charge in [0.1, 0.15) is 0 Å². The number of nitrogens with two attached hydrogens (primary N) is 1. The van der Waals surface area contributed by atoms with Gasteiger partial charge in [-0.2, -0.15) is 0 Å². The van der Waals surface area contributed by atoms with Crippen molar-refractivity contribution < 1.29 is 9.72 Å². The predicted molar refractivity (Wildman–Crippen MR) is 75.0 cm³/mol. The van der Waals surface area contributed by atoms with Crippen molar-refractivity contribution in [2.24, 2.45) is 11.7 Å². The first-order chi connectivity index (χ1) is 9.47. The molecule has 3 atom stereocenters. The molecule has 0 saturated heterocycles. The molecule has 1 aliphatic carbocycles. The van der Waals surface area contributed by atoms with Crippen molar-refractivity contribution in [3.63, 3.8) is 0 Å². The van der Waals surface area contributed by atoms with Crippen LogP contribution in [-0.4, -0.2) is 16.9 Å². The van der Waals surface area contributed by atoms with Gasteiger partial charge in [-0.25, -0.2) is 0 Å². The number of amides is 1. The van der Waals surface area contributed by atoms with Crippen LogP contribution in [0.4, 0.5) is 5.69 Å². The smallest absolute Gasteiger partial charge is 0.269 e. The van der Waals surface area contributed by atoms with E-state index in [4.69, 9.17) is 5.73 Å². The minimum atomic E-state index is -0.436. The lowest BCUT2D eigenvalue weighted by atomic mass is 10.0. The highest BCUT2D eigenvalue weighted by Crippen LogP contribution is 2.25. The molecule has 0 aromatic heterocycles. The minimum Gasteiger partial charge on any atom is -0.349 e. The van der Waals surface area contributed by atoms with Gasteiger partial charge in [-0.1, -0.05) is 12.1 Å². The van der Waals surface area contributed by atoms with Gasteiger partial charge in [-0.3, -0.25) is 14.9 Å². The molecule has 20 heavy (non-hydrogen) atoms. The molecule has 1 amide bonds. The van der Waals surface area contributed by atoms with Crippen molar-refractivity contribution in [1.29, 1.82) is 0 Å². The molecular formula is C14H19N3O3. The van der Waals surface area contributed by atoms with E-state index < -0.39 is 4.92 Å². The van der Waals surface area contributed by atoms with Crippen molar-refractivity contribution in [3.05, 3.63) is 39.9 Å². The van der Waals surface area contributed by atoms with Gasteiger partial charge in [-0.15, -0.1) is 0 Å². The highest BCUT2D eigenvalue weighted by molar-refractivity contribution is 5.79. The zero-order valence-electron chi connectivity index (χ0n) is 11.4. The molecule has 2 rings (SSSR count). The Labute approximate surface area is 117 Å². The molecule has 108 valence electrons. The third-order valence-electron chi connectivity index (χ3n) is 3.78. The van der Waals surface area contributed by atoms with Crippen LogP contribution < -0.4 is 11.1 Å². The summed E-state index contributed by atoms with van der Waals surface area (Å²) in [5, 5.41) is 13.7. The number of benzene rings is 1. The van der Waals surface area contributed by atoms with E-state index in [0.717, 1.165) is 18.4 Å². The standard InChI is InChI=1S/C14H19N3O3/c1-9(10-3-2-4-13(8-10)17(19)20)16-14(18)11-5-6-12(15)7-11/h2-4,8-9,11-12H,5-7,15H2,1H3,(H,16,18). The van der Waals surface area contributed by atoms with Crippen LogP contribution in [-0.2, 0) is 4.79 Å². The summed E-state index contributed by atoms with van der Waals surface area (Å²) in [7, 11) is 0. The number of nitro groups is 1. The third-order valence-corrected chi connectivity index (χ3v) is 3.78. The minimum absolute atomic E-state index is 0.0167. The van der Waals surface area contributed by atoms with E-state index in [1.807, 2.05) is 6.92 Å². The van der Waals surface area contributed by atoms with Gasteiger partial charge in [0, 0.05) is 24.1 Å². The molecule has 6 nitrogen and oxygen atoms in total. The first kappa shape index (κ1) is 14.5. The molecule has 3 unspecified atom stereocenters. The number of non-ortho nitro benzene ring substituents is 1. The molecule has 3 N–H and O–H groups in total. The Morgan fingerprint density at radius 1 is 1.50 bits per heavy atom. The summed E-state index contributed by atoms with van der Waals surface area (Å²) in [4.78, 5) is 22.4. The summed E-state index contributed by atoms with van der Waals surface area (Å²) in [6.07, 6.45) is 2.41. The van der Waals surface area contributed by atoms with Gasteiger partial charge in [0.25, 0.3) is 5.69 Å². The molecule has 1 aliphatic rings. The topological polar surface area (TPSA) is 98.3 Å². The summed E-state index contributed by atoms with van der Waals surface area (Å²) in [5.41, 5.74) is 6.57. The van der Waals surface area contributed by atoms with Crippen molar-refractivity contribution >= 4 is 11.6 Å². The molecule has 1 aromatic carbocycles. The summed E-state index contributed by atoms with van der Waals surface area (Å²) in [5.74, 6) is -0.0527. The van der Waals surface area contributed by atoms with Crippen molar-refractivity contribution in [2.45, 2.75) is 38.3 Å². The number of nitrogens with zero attached hydrogens (tertiary/aromatic N) is 1. The fraction of sp³-hybridized carbons (Fsp3) is 0.500. The van der Waals surface area contributed by atoms with Gasteiger partial charge in [0.15, 0.2) is 0 Å². The van der Waals surface area contributed by atoms with Crippen LogP contribution in [0.25, 0.3) is 0 Å². The summed E-state index contributed by atoms with van der Waals surface area (Å²) >= 11 is 0. The lowest BCUT2D eigenvalue weighted by Gasteiger charge is -2.17. The maximum absolute atomic E-state index is 12.1. The van der Waals surface area contributed by atoms with Gasteiger partial charge in [-0.05, 0) is 31.7 Å². The summed E-state index contributed by atoms with van der Waals surface area (Å²) in [6, 6.07) is 6.19. The van der Waals surface area contributed by atoms with Crippen LogP contribution in [0.2, 0.25) is 0 Å². The van der Waals surface area contributed by atoms with Crippen LogP contribution >= 0.6 is 0 Å². The quantitative estimate of drug-likeness (QED) is 0.648. The number of rotatable bonds is 4. The van der Waals surface area contributed by atoms with E-state index >= 15 is 0 Å². The Morgan fingerprint density at radius 2 is 2.25 bits per heavy atom. The summed E-state index contributed by atoms with van der Waals surface area (Å²) in [6.45, 7) is 1.83. The van der Waals surface area contributed by atoms with E-state index in [2.05, 4.69) is 5.32 Å². The number of hydrogen-bond acceptors (Lipinski definition) is 4. The van der Waals surface area contributed by atoms with Gasteiger partial charge in [0.05, 0.1) is 11.0 Å². The Balaban J connectivity index is 2.01. The second-order valence-corrected chi connectivity index (χ2v) is 5.35. The van der Waals surface area contributed by atoms with Gasteiger partial charge in [0.2, 0.25) is 5.91 Å². The van der Waals surface area contributed by atoms with Crippen LogP contribution in [0.3, 0.4) is 0 Å². The van der Waals surface area contributed by atoms with Crippen LogP contribution in [0.1, 0.15) is 37.8 Å². The van der Waals surface area contributed by atoms with Crippen LogP contribution in [0.15, 0.2) is 24.3 Å². The van der Waals surface area contributed by atoms with Crippen LogP contribution in [0.5, 0.6) is 0 Å². The number of nitro benzene ring substituents is 1. The SMILES string of the molecule is CC(NC(=O)C1CCC(N)C1)c1cccc([N+](=O)[O-])c1. The van der Waals surface area contributed by atoms with Crippen molar-refractivity contribution in [2.75, 3.05) is 0 Å². The molecule has 0 aliphatic heterocycles. The Morgan fingerprint density at radius 3 is 2.85 bits per heavy atom. The molecule has 1 fully saturated rings. The van der Waals surface area contributed by atoms with Crippen LogP contribution in [0, 0.1) is 16.0 Å². The third kappa shape index (κ3) is 3.33. The second-order valence-electron chi connectivity index (χ2n) is 5.35. The monoisotopic (exact) mass is 277 g/mol. The zero-order chi connectivity index (χ0) is 14.7. The molecule has 0 spiro atoms. The average Bonchev–Trinajstić information content (AvgIpc) is 2.85. The number of carbonyl (C=O) groups is 1. The van der Waals surface area contributed by atoms with E-state index in [9.17, 15) is 14.9 Å². The Kier molecular flexibility index (Phi) is 4.34. The molecule has 0 radical (unpaired) electrons. The van der Waals surface area contributed by atoms with Gasteiger partial charge >= 0.3 is 0 Å². The zero-order valence-corrected chi connectivity index (χ0v) is 11.4. The fourth-order valence-electron chi connectivity index (χ4n) is 2.58. The molecule has 6 heteroatoms. The summed E-state index contributed by atoms with van der Waals surface area (Å²) < 4.78 is 0. The number of carbonyl (C=O) groups excluding carboxylic acids is 1. The van der Waals surface area contributed by atoms with Crippen molar-refractivity contribution in [3.8, 4) is 0 Å². The number of hydrogen-bond donors (Lipinski definition) is 2. The molecule has 0 bridgehead atoms. The highest BCUT2D eigenvalue weighted by atomic mass is 16.6. The van der Waals surface area contributed by atoms with E-state index in [-0.39, 0.29) is 29.6 Å². The average molecular weight is 277 g/mol. The van der Waals surface area contributed by atoms with Crippen molar-refractivity contribution in [1.82, 2.24) is 5.32 Å². The first-order valence-electron chi connectivity index (χ1n) is 6.77. The Hall–Kier alpha value is -1.95. The molecular weight excluding hydrogens is 258 g/mol. The highest BCUT2D eigenvalue weighted by Gasteiger charge is 2.28. The Bertz CT molecular complexity index is 518. The van der Waals surface area contributed by atoms with E-state index in [1.165, 1.54) is 12.1 Å². The lowest BCUT2D eigenvalue weighted by Crippen LogP contribution is -2.32. The number of nitrogens with one attached hydrogen (secondary N) is 1. The second kappa shape index (κ2) is 6.00. The first-order valence-corrected chi connectivity index (χ1v) is 6.77. The van der Waals surface area contributed by atoms with Gasteiger partial charge < -0.3 is 11.1 Å². The predicted octanol–water partition coefficient (Wildman–Crippen LogP) is 1.90. The lowest BCUT2D eigenvalue weighted by molar-refractivity contribution is -0.384. The van der Waals surface area contributed by atoms with E-state index in [1.54, 1.807) is 12.1 Å². The largest absolute Gasteiger partial charge is 0.349 e. The molecule has 0 heterocycles. The maximum Gasteiger partial charge on any atom is 0.269 e. The molecule has 1 saturated carbocycles. The maximum atomic E-state index is 12.1. The molecule has 1 aromatic rings. The van der Waals surface area contributed by atoms with E-state index in [0.29, 0.717) is 6.42 Å².